The molecule has 0 unspecified atom stereocenters. The van der Waals surface area contributed by atoms with Crippen molar-refractivity contribution >= 4 is 17.8 Å². The first-order valence-electron chi connectivity index (χ1n) is 12.5. The summed E-state index contributed by atoms with van der Waals surface area (Å²) < 4.78 is 15.8. The summed E-state index contributed by atoms with van der Waals surface area (Å²) in [6.07, 6.45) is 13.9. The highest BCUT2D eigenvalue weighted by atomic mass is 16.5. The summed E-state index contributed by atoms with van der Waals surface area (Å²) in [5.41, 5.74) is 0.815. The van der Waals surface area contributed by atoms with Crippen molar-refractivity contribution in [3.63, 3.8) is 0 Å². The molecule has 0 aromatic heterocycles. The van der Waals surface area contributed by atoms with E-state index in [-0.39, 0.29) is 23.3 Å². The molecular weight excluding hydrogens is 444 g/mol. The van der Waals surface area contributed by atoms with E-state index in [1.165, 1.54) is 71.0 Å². The zero-order valence-electron chi connectivity index (χ0n) is 21.2. The Bertz CT molecular complexity index is 979. The maximum absolute atomic E-state index is 12.6. The van der Waals surface area contributed by atoms with Gasteiger partial charge in [0.15, 0.2) is 5.78 Å². The van der Waals surface area contributed by atoms with E-state index in [0.717, 1.165) is 19.3 Å². The number of esters is 1. The second-order valence-corrected chi connectivity index (χ2v) is 8.54. The zero-order chi connectivity index (χ0) is 25.5. The second-order valence-electron chi connectivity index (χ2n) is 8.54. The molecule has 6 heteroatoms. The van der Waals surface area contributed by atoms with Gasteiger partial charge in [-0.1, -0.05) is 58.3 Å². The van der Waals surface area contributed by atoms with Gasteiger partial charge < -0.3 is 19.3 Å². The molecule has 190 valence electrons. The predicted octanol–water partition coefficient (Wildman–Crippen LogP) is 7.13. The Kier molecular flexibility index (Phi) is 12.5. The van der Waals surface area contributed by atoms with Crippen LogP contribution in [-0.4, -0.2) is 31.1 Å². The van der Waals surface area contributed by atoms with Crippen molar-refractivity contribution in [1.29, 1.82) is 0 Å². The summed E-state index contributed by atoms with van der Waals surface area (Å²) in [5, 5.41) is 10.3. The number of aromatic hydroxyl groups is 1. The van der Waals surface area contributed by atoms with E-state index >= 15 is 0 Å². The predicted molar refractivity (Wildman–Crippen MR) is 138 cm³/mol. The molecule has 0 radical (unpaired) electrons. The molecule has 6 nitrogen and oxygen atoms in total. The first-order valence-corrected chi connectivity index (χ1v) is 12.5. The average Bonchev–Trinajstić information content (AvgIpc) is 2.86. The van der Waals surface area contributed by atoms with Crippen molar-refractivity contribution in [3.8, 4) is 23.0 Å². The van der Waals surface area contributed by atoms with Crippen molar-refractivity contribution in [2.24, 2.45) is 0 Å². The van der Waals surface area contributed by atoms with Crippen LogP contribution in [0.25, 0.3) is 6.08 Å². The second kappa shape index (κ2) is 15.6. The summed E-state index contributed by atoms with van der Waals surface area (Å²) in [6, 6.07) is 9.53. The molecule has 0 amide bonds. The summed E-state index contributed by atoms with van der Waals surface area (Å²) in [7, 11) is 3.02. The molecule has 0 saturated carbocycles. The van der Waals surface area contributed by atoms with Crippen LogP contribution in [0.5, 0.6) is 23.0 Å². The summed E-state index contributed by atoms with van der Waals surface area (Å²) in [6.45, 7) is 2.22. The van der Waals surface area contributed by atoms with Gasteiger partial charge in [-0.25, -0.2) is 0 Å². The Morgan fingerprint density at radius 2 is 1.49 bits per heavy atom. The number of rotatable bonds is 16. The van der Waals surface area contributed by atoms with Gasteiger partial charge in [0.25, 0.3) is 0 Å². The van der Waals surface area contributed by atoms with Gasteiger partial charge in [0.2, 0.25) is 0 Å². The lowest BCUT2D eigenvalue weighted by Gasteiger charge is -2.08. The highest BCUT2D eigenvalue weighted by molar-refractivity contribution is 6.08. The zero-order valence-corrected chi connectivity index (χ0v) is 21.2. The van der Waals surface area contributed by atoms with Crippen LogP contribution in [0.4, 0.5) is 0 Å². The minimum Gasteiger partial charge on any atom is -0.507 e. The molecule has 2 rings (SSSR count). The third-order valence-corrected chi connectivity index (χ3v) is 5.81. The largest absolute Gasteiger partial charge is 0.507 e. The van der Waals surface area contributed by atoms with Gasteiger partial charge in [0, 0.05) is 24.1 Å². The molecule has 0 heterocycles. The van der Waals surface area contributed by atoms with E-state index < -0.39 is 0 Å². The van der Waals surface area contributed by atoms with Crippen LogP contribution in [0.2, 0.25) is 0 Å². The Morgan fingerprint density at radius 1 is 0.829 bits per heavy atom. The number of benzene rings is 2. The normalized spacial score (nSPS) is 10.9. The van der Waals surface area contributed by atoms with E-state index in [9.17, 15) is 14.7 Å². The monoisotopic (exact) mass is 482 g/mol. The molecule has 35 heavy (non-hydrogen) atoms. The molecule has 2 aromatic rings. The lowest BCUT2D eigenvalue weighted by atomic mass is 10.1. The van der Waals surface area contributed by atoms with Crippen molar-refractivity contribution in [2.75, 3.05) is 14.2 Å². The first-order chi connectivity index (χ1) is 17.0. The van der Waals surface area contributed by atoms with E-state index in [2.05, 4.69) is 6.92 Å². The van der Waals surface area contributed by atoms with Gasteiger partial charge in [-0.15, -0.1) is 0 Å². The number of hydrogen-bond donors (Lipinski definition) is 1. The maximum Gasteiger partial charge on any atom is 0.311 e. The van der Waals surface area contributed by atoms with Crippen LogP contribution in [0.15, 0.2) is 42.5 Å². The number of ether oxygens (including phenoxy) is 3. The molecule has 0 saturated heterocycles. The molecule has 0 spiro atoms. The van der Waals surface area contributed by atoms with E-state index in [1.807, 2.05) is 0 Å². The first kappa shape index (κ1) is 28.0. The molecular formula is C29H38O6. The number of carbonyl (C=O) groups is 2. The number of ketones is 1. The summed E-state index contributed by atoms with van der Waals surface area (Å²) in [5.74, 6) is 0.603. The maximum atomic E-state index is 12.6. The number of methoxy groups -OCH3 is 2. The minimum atomic E-state index is -0.308. The molecule has 0 aliphatic carbocycles. The molecule has 2 aromatic carbocycles. The molecule has 0 bridgehead atoms. The van der Waals surface area contributed by atoms with Gasteiger partial charge >= 0.3 is 5.97 Å². The number of allylic oxidation sites excluding steroid dienone is 1. The fourth-order valence-corrected chi connectivity index (χ4v) is 3.75. The van der Waals surface area contributed by atoms with Crippen molar-refractivity contribution in [2.45, 2.75) is 71.1 Å². The fourth-order valence-electron chi connectivity index (χ4n) is 3.75. The molecule has 0 aliphatic heterocycles. The highest BCUT2D eigenvalue weighted by Gasteiger charge is 2.12. The standard InChI is InChI=1S/C29H38O6/c1-4-5-6-7-8-9-10-11-12-13-29(32)35-24-16-14-22(27(31)20-24)15-19-26(30)25-18-17-23(33-2)21-28(25)34-3/h14-21,31H,4-13H2,1-3H3. The van der Waals surface area contributed by atoms with E-state index in [4.69, 9.17) is 14.2 Å². The third kappa shape index (κ3) is 9.85. The third-order valence-electron chi connectivity index (χ3n) is 5.81. The van der Waals surface area contributed by atoms with E-state index in [1.54, 1.807) is 30.3 Å². The SMILES string of the molecule is CCCCCCCCCCCC(=O)Oc1ccc(C=CC(=O)c2ccc(OC)cc2OC)c(O)c1. The van der Waals surface area contributed by atoms with Crippen LogP contribution in [0.1, 0.15) is 87.1 Å². The van der Waals surface area contributed by atoms with Crippen molar-refractivity contribution in [3.05, 3.63) is 53.6 Å². The lowest BCUT2D eigenvalue weighted by molar-refractivity contribution is -0.134. The highest BCUT2D eigenvalue weighted by Crippen LogP contribution is 2.27. The van der Waals surface area contributed by atoms with Gasteiger partial charge in [-0.3, -0.25) is 9.59 Å². The smallest absolute Gasteiger partial charge is 0.311 e. The number of hydrogen-bond acceptors (Lipinski definition) is 6. The Morgan fingerprint density at radius 3 is 2.11 bits per heavy atom. The van der Waals surface area contributed by atoms with Gasteiger partial charge in [-0.05, 0) is 42.8 Å². The van der Waals surface area contributed by atoms with E-state index in [0.29, 0.717) is 29.0 Å². The number of phenols is 1. The summed E-state index contributed by atoms with van der Waals surface area (Å²) in [4.78, 5) is 24.7. The van der Waals surface area contributed by atoms with Crippen LogP contribution in [0.3, 0.4) is 0 Å². The molecule has 1 N–H and O–H groups in total. The Labute approximate surface area is 208 Å². The van der Waals surface area contributed by atoms with Crippen LogP contribution in [0, 0.1) is 0 Å². The van der Waals surface area contributed by atoms with Gasteiger partial charge in [0.1, 0.15) is 23.0 Å². The molecule has 0 atom stereocenters. The minimum absolute atomic E-state index is 0.0795. The quantitative estimate of drug-likeness (QED) is 0.0901. The Hall–Kier alpha value is -3.28. The van der Waals surface area contributed by atoms with Gasteiger partial charge in [0.05, 0.1) is 19.8 Å². The summed E-state index contributed by atoms with van der Waals surface area (Å²) >= 11 is 0. The fraction of sp³-hybridized carbons (Fsp3) is 0.448. The number of carbonyl (C=O) groups excluding carboxylic acids is 2. The lowest BCUT2D eigenvalue weighted by Crippen LogP contribution is -2.07. The van der Waals surface area contributed by atoms with Crippen LogP contribution >= 0.6 is 0 Å². The number of unbranched alkanes of at least 4 members (excludes halogenated alkanes) is 8. The Balaban J connectivity index is 1.81. The van der Waals surface area contributed by atoms with Crippen LogP contribution < -0.4 is 14.2 Å². The van der Waals surface area contributed by atoms with Crippen LogP contribution in [-0.2, 0) is 4.79 Å². The van der Waals surface area contributed by atoms with Gasteiger partial charge in [-0.2, -0.15) is 0 Å². The number of phenolic OH excluding ortho intramolecular Hbond substituents is 1. The average molecular weight is 483 g/mol. The van der Waals surface area contributed by atoms with Crippen molar-refractivity contribution in [1.82, 2.24) is 0 Å². The molecule has 0 fully saturated rings. The van der Waals surface area contributed by atoms with Crippen molar-refractivity contribution < 1.29 is 28.9 Å². The topological polar surface area (TPSA) is 82.1 Å². The molecule has 0 aliphatic rings.